The van der Waals surface area contributed by atoms with Crippen LogP contribution in [0.4, 0.5) is 10.5 Å². The van der Waals surface area contributed by atoms with Gasteiger partial charge in [-0.1, -0.05) is 23.7 Å². The van der Waals surface area contributed by atoms with E-state index in [9.17, 15) is 4.79 Å². The molecule has 1 atom stereocenters. The number of hydrogen-bond acceptors (Lipinski definition) is 4. The Morgan fingerprint density at radius 3 is 2.60 bits per heavy atom. The van der Waals surface area contributed by atoms with E-state index in [1.807, 2.05) is 57.0 Å². The van der Waals surface area contributed by atoms with Gasteiger partial charge >= 0.3 is 6.03 Å². The molecular weight excluding hydrogens is 402 g/mol. The van der Waals surface area contributed by atoms with E-state index in [-0.39, 0.29) is 12.1 Å². The van der Waals surface area contributed by atoms with E-state index in [4.69, 9.17) is 11.6 Å². The molecule has 1 aliphatic rings. The number of halogens is 1. The van der Waals surface area contributed by atoms with E-state index in [2.05, 4.69) is 25.2 Å². The largest absolute Gasteiger partial charge is 0.322 e. The fourth-order valence-electron chi connectivity index (χ4n) is 4.02. The number of urea groups is 1. The van der Waals surface area contributed by atoms with Crippen LogP contribution >= 0.6 is 11.6 Å². The Hall–Kier alpha value is -2.87. The number of rotatable bonds is 4. The van der Waals surface area contributed by atoms with Gasteiger partial charge in [0.15, 0.2) is 5.82 Å². The number of carbonyl (C=O) groups is 1. The Labute approximate surface area is 180 Å². The quantitative estimate of drug-likeness (QED) is 0.682. The van der Waals surface area contributed by atoms with Crippen LogP contribution in [0, 0.1) is 20.8 Å². The van der Waals surface area contributed by atoms with Crippen LogP contribution in [-0.4, -0.2) is 42.0 Å². The number of nitrogens with one attached hydrogen (secondary N) is 1. The molecule has 3 aromatic rings. The molecule has 158 valence electrons. The minimum Gasteiger partial charge on any atom is -0.314 e. The first kappa shape index (κ1) is 20.4. The Kier molecular flexibility index (Phi) is 5.51. The van der Waals surface area contributed by atoms with Gasteiger partial charge in [0.05, 0.1) is 29.7 Å². The summed E-state index contributed by atoms with van der Waals surface area (Å²) in [5.74, 6) is 1.64. The topological polar surface area (TPSA) is 80.9 Å². The molecule has 3 heterocycles. The van der Waals surface area contributed by atoms with E-state index in [0.717, 1.165) is 47.1 Å². The molecule has 0 saturated carbocycles. The third-order valence-corrected chi connectivity index (χ3v) is 6.02. The van der Waals surface area contributed by atoms with Crippen molar-refractivity contribution in [1.29, 1.82) is 0 Å². The lowest BCUT2D eigenvalue weighted by atomic mass is 10.2. The van der Waals surface area contributed by atoms with Gasteiger partial charge in [-0.15, -0.1) is 10.2 Å². The van der Waals surface area contributed by atoms with Gasteiger partial charge in [-0.3, -0.25) is 4.68 Å². The number of benzene rings is 1. The maximum Gasteiger partial charge on any atom is 0.322 e. The summed E-state index contributed by atoms with van der Waals surface area (Å²) in [6.45, 7) is 7.10. The Balaban J connectivity index is 1.58. The highest BCUT2D eigenvalue weighted by Gasteiger charge is 2.34. The minimum absolute atomic E-state index is 0.115. The summed E-state index contributed by atoms with van der Waals surface area (Å²) < 4.78 is 3.86. The summed E-state index contributed by atoms with van der Waals surface area (Å²) in [5, 5.41) is 16.9. The molecule has 0 radical (unpaired) electrons. The molecule has 0 aliphatic carbocycles. The number of amides is 2. The molecule has 1 aliphatic heterocycles. The lowest BCUT2D eigenvalue weighted by Crippen LogP contribution is -2.36. The molecule has 0 bridgehead atoms. The molecule has 1 N–H and O–H groups in total. The van der Waals surface area contributed by atoms with Crippen LogP contribution in [0.5, 0.6) is 0 Å². The highest BCUT2D eigenvalue weighted by Crippen LogP contribution is 2.32. The van der Waals surface area contributed by atoms with Crippen LogP contribution in [0.3, 0.4) is 0 Å². The van der Waals surface area contributed by atoms with Crippen molar-refractivity contribution in [2.45, 2.75) is 46.2 Å². The third kappa shape index (κ3) is 3.79. The van der Waals surface area contributed by atoms with Crippen molar-refractivity contribution in [3.05, 3.63) is 57.9 Å². The van der Waals surface area contributed by atoms with Crippen molar-refractivity contribution in [1.82, 2.24) is 29.4 Å². The number of aryl methyl sites for hydroxylation is 3. The number of hydrogen-bond donors (Lipinski definition) is 1. The van der Waals surface area contributed by atoms with Crippen LogP contribution in [0.1, 0.15) is 47.5 Å². The number of nitrogens with zero attached hydrogens (tertiary/aromatic N) is 6. The average Bonchev–Trinajstić information content (AvgIpc) is 3.39. The molecule has 1 saturated heterocycles. The molecule has 0 unspecified atom stereocenters. The molecule has 30 heavy (non-hydrogen) atoms. The second kappa shape index (κ2) is 8.10. The monoisotopic (exact) mass is 427 g/mol. The Morgan fingerprint density at radius 1 is 1.20 bits per heavy atom. The molecule has 1 aromatic carbocycles. The summed E-state index contributed by atoms with van der Waals surface area (Å²) in [4.78, 5) is 15.0. The highest BCUT2D eigenvalue weighted by atomic mass is 35.5. The van der Waals surface area contributed by atoms with E-state index in [1.54, 1.807) is 4.68 Å². The zero-order valence-corrected chi connectivity index (χ0v) is 18.4. The van der Waals surface area contributed by atoms with Crippen molar-refractivity contribution in [2.75, 3.05) is 11.9 Å². The van der Waals surface area contributed by atoms with Crippen molar-refractivity contribution >= 4 is 23.3 Å². The maximum atomic E-state index is 13.1. The molecule has 0 spiro atoms. The molecule has 9 heteroatoms. The SMILES string of the molecule is Cc1nn(C)c(C)c1NC(=O)N1CCC[C@@H]1c1nnc(C)n1Cc1ccc(Cl)cc1. The second-order valence-corrected chi connectivity index (χ2v) is 8.21. The van der Waals surface area contributed by atoms with Crippen molar-refractivity contribution in [2.24, 2.45) is 7.05 Å². The fraction of sp³-hybridized carbons (Fsp3) is 0.429. The highest BCUT2D eigenvalue weighted by molar-refractivity contribution is 6.30. The normalized spacial score (nSPS) is 16.3. The molecule has 8 nitrogen and oxygen atoms in total. The zero-order valence-electron chi connectivity index (χ0n) is 17.7. The first-order valence-corrected chi connectivity index (χ1v) is 10.4. The average molecular weight is 428 g/mol. The van der Waals surface area contributed by atoms with Gasteiger partial charge in [0, 0.05) is 18.6 Å². The molecule has 1 fully saturated rings. The van der Waals surface area contributed by atoms with Gasteiger partial charge in [-0.2, -0.15) is 5.10 Å². The summed E-state index contributed by atoms with van der Waals surface area (Å²) in [6.07, 6.45) is 1.78. The number of anilines is 1. The maximum absolute atomic E-state index is 13.1. The van der Waals surface area contributed by atoms with Gasteiger partial charge in [-0.25, -0.2) is 4.79 Å². The predicted molar refractivity (Wildman–Crippen MR) is 116 cm³/mol. The standard InChI is InChI=1S/C21H26ClN7O/c1-13-19(14(2)27(4)26-13)23-21(30)28-11-5-6-18(28)20-25-24-15(3)29(20)12-16-7-9-17(22)10-8-16/h7-10,18H,5-6,11-12H2,1-4H3,(H,23,30)/t18-/m1/s1. The molecular formula is C21H26ClN7O. The predicted octanol–water partition coefficient (Wildman–Crippen LogP) is 4.01. The van der Waals surface area contributed by atoms with Crippen LogP contribution < -0.4 is 5.32 Å². The van der Waals surface area contributed by atoms with E-state index >= 15 is 0 Å². The van der Waals surface area contributed by atoms with Gasteiger partial charge < -0.3 is 14.8 Å². The summed E-state index contributed by atoms with van der Waals surface area (Å²) in [5.41, 5.74) is 3.62. The smallest absolute Gasteiger partial charge is 0.314 e. The lowest BCUT2D eigenvalue weighted by molar-refractivity contribution is 0.203. The van der Waals surface area contributed by atoms with Gasteiger partial charge in [0.25, 0.3) is 0 Å². The van der Waals surface area contributed by atoms with Gasteiger partial charge in [0.1, 0.15) is 5.82 Å². The zero-order chi connectivity index (χ0) is 21.4. The third-order valence-electron chi connectivity index (χ3n) is 5.77. The second-order valence-electron chi connectivity index (χ2n) is 7.77. The summed E-state index contributed by atoms with van der Waals surface area (Å²) in [6, 6.07) is 7.51. The van der Waals surface area contributed by atoms with E-state index in [1.165, 1.54) is 0 Å². The Bertz CT molecular complexity index is 1070. The number of aromatic nitrogens is 5. The van der Waals surface area contributed by atoms with Crippen molar-refractivity contribution in [3.8, 4) is 0 Å². The van der Waals surface area contributed by atoms with E-state index in [0.29, 0.717) is 18.1 Å². The van der Waals surface area contributed by atoms with Gasteiger partial charge in [0.2, 0.25) is 0 Å². The summed E-state index contributed by atoms with van der Waals surface area (Å²) in [7, 11) is 1.87. The van der Waals surface area contributed by atoms with Crippen LogP contribution in [-0.2, 0) is 13.6 Å². The fourth-order valence-corrected chi connectivity index (χ4v) is 4.15. The molecule has 4 rings (SSSR count). The van der Waals surface area contributed by atoms with Crippen molar-refractivity contribution in [3.63, 3.8) is 0 Å². The lowest BCUT2D eigenvalue weighted by Gasteiger charge is -2.25. The first-order valence-electron chi connectivity index (χ1n) is 10.1. The Morgan fingerprint density at radius 2 is 1.93 bits per heavy atom. The van der Waals surface area contributed by atoms with Crippen LogP contribution in [0.2, 0.25) is 5.02 Å². The van der Waals surface area contributed by atoms with Crippen LogP contribution in [0.25, 0.3) is 0 Å². The van der Waals surface area contributed by atoms with E-state index < -0.39 is 0 Å². The van der Waals surface area contributed by atoms with Crippen LogP contribution in [0.15, 0.2) is 24.3 Å². The number of likely N-dealkylation sites (tertiary alicyclic amines) is 1. The van der Waals surface area contributed by atoms with Crippen molar-refractivity contribution < 1.29 is 4.79 Å². The summed E-state index contributed by atoms with van der Waals surface area (Å²) >= 11 is 6.02. The molecule has 2 amide bonds. The minimum atomic E-state index is -0.129. The number of carbonyl (C=O) groups excluding carboxylic acids is 1. The first-order chi connectivity index (χ1) is 14.3. The van der Waals surface area contributed by atoms with Gasteiger partial charge in [-0.05, 0) is 51.3 Å². The molecule has 2 aromatic heterocycles.